The van der Waals surface area contributed by atoms with Gasteiger partial charge in [-0.25, -0.2) is 0 Å². The Morgan fingerprint density at radius 1 is 1.47 bits per heavy atom. The van der Waals surface area contributed by atoms with Gasteiger partial charge in [0.05, 0.1) is 0 Å². The number of thioether (sulfide) groups is 1. The minimum absolute atomic E-state index is 0.556. The van der Waals surface area contributed by atoms with Crippen molar-refractivity contribution >= 4 is 18.5 Å². The monoisotopic (exact) mass is 226 g/mol. The van der Waals surface area contributed by atoms with E-state index in [-0.39, 0.29) is 0 Å². The molecule has 0 bridgehead atoms. The van der Waals surface area contributed by atoms with Gasteiger partial charge < -0.3 is 5.32 Å². The van der Waals surface area contributed by atoms with Crippen molar-refractivity contribution < 1.29 is 0 Å². The molecule has 15 heavy (non-hydrogen) atoms. The summed E-state index contributed by atoms with van der Waals surface area (Å²) in [5.74, 6) is 0.892. The van der Waals surface area contributed by atoms with Crippen LogP contribution in [0.3, 0.4) is 0 Å². The van der Waals surface area contributed by atoms with E-state index in [9.17, 15) is 0 Å². The Hall–Kier alpha value is -0.700. The topological polar surface area (TPSA) is 24.4 Å². The smallest absolute Gasteiger partial charge is 0.0428 e. The molecule has 0 aromatic heterocycles. The molecule has 0 aliphatic carbocycles. The molecule has 0 rings (SSSR count). The van der Waals surface area contributed by atoms with Crippen LogP contribution in [-0.4, -0.2) is 18.5 Å². The summed E-state index contributed by atoms with van der Waals surface area (Å²) in [6.45, 7) is 13.8. The number of allylic oxidation sites excluding steroid dienone is 1. The van der Waals surface area contributed by atoms with Crippen molar-refractivity contribution in [3.63, 3.8) is 0 Å². The molecule has 3 heteroatoms. The Morgan fingerprint density at radius 3 is 2.53 bits per heavy atom. The van der Waals surface area contributed by atoms with Gasteiger partial charge in [-0.1, -0.05) is 20.4 Å². The summed E-state index contributed by atoms with van der Waals surface area (Å²) in [4.78, 5) is 3.82. The average Bonchev–Trinajstić information content (AvgIpc) is 2.25. The van der Waals surface area contributed by atoms with Crippen LogP contribution in [0, 0.1) is 0 Å². The van der Waals surface area contributed by atoms with Crippen LogP contribution >= 0.6 is 11.8 Å². The average molecular weight is 226 g/mol. The van der Waals surface area contributed by atoms with Gasteiger partial charge in [0.1, 0.15) is 0 Å². The summed E-state index contributed by atoms with van der Waals surface area (Å²) in [5.41, 5.74) is 2.04. The van der Waals surface area contributed by atoms with E-state index in [1.165, 1.54) is 0 Å². The van der Waals surface area contributed by atoms with Crippen molar-refractivity contribution in [1.82, 2.24) is 5.32 Å². The van der Waals surface area contributed by atoms with E-state index < -0.39 is 0 Å². The molecule has 0 aliphatic rings. The van der Waals surface area contributed by atoms with Crippen LogP contribution in [0.2, 0.25) is 0 Å². The Labute approximate surface area is 97.9 Å². The molecule has 0 saturated carbocycles. The van der Waals surface area contributed by atoms with Gasteiger partial charge in [-0.3, -0.25) is 4.99 Å². The van der Waals surface area contributed by atoms with E-state index in [2.05, 4.69) is 37.5 Å². The third-order valence-electron chi connectivity index (χ3n) is 2.15. The van der Waals surface area contributed by atoms with E-state index in [0.29, 0.717) is 6.04 Å². The lowest BCUT2D eigenvalue weighted by Gasteiger charge is -2.17. The van der Waals surface area contributed by atoms with Gasteiger partial charge in [-0.05, 0) is 31.9 Å². The van der Waals surface area contributed by atoms with Crippen LogP contribution < -0.4 is 5.32 Å². The van der Waals surface area contributed by atoms with Crippen LogP contribution in [0.5, 0.6) is 0 Å². The number of rotatable bonds is 8. The highest BCUT2D eigenvalue weighted by atomic mass is 32.2. The SMILES string of the molecule is C=N/C(C)=C\SCC(=C)NC(CC)CC. The van der Waals surface area contributed by atoms with Crippen molar-refractivity contribution in [3.05, 3.63) is 23.4 Å². The molecule has 0 spiro atoms. The molecule has 0 unspecified atom stereocenters. The quantitative estimate of drug-likeness (QED) is 0.640. The van der Waals surface area contributed by atoms with Gasteiger partial charge in [-0.15, -0.1) is 11.8 Å². The van der Waals surface area contributed by atoms with Crippen LogP contribution in [0.1, 0.15) is 33.6 Å². The van der Waals surface area contributed by atoms with E-state index >= 15 is 0 Å². The first-order chi connectivity index (χ1) is 7.13. The zero-order valence-electron chi connectivity index (χ0n) is 10.0. The predicted molar refractivity (Wildman–Crippen MR) is 72.4 cm³/mol. The summed E-state index contributed by atoms with van der Waals surface area (Å²) < 4.78 is 0. The van der Waals surface area contributed by atoms with Gasteiger partial charge in [0.15, 0.2) is 0 Å². The summed E-state index contributed by atoms with van der Waals surface area (Å²) in [7, 11) is 0. The number of hydrogen-bond acceptors (Lipinski definition) is 3. The lowest BCUT2D eigenvalue weighted by Crippen LogP contribution is -2.27. The fraction of sp³-hybridized carbons (Fsp3) is 0.583. The van der Waals surface area contributed by atoms with Crippen LogP contribution in [0.15, 0.2) is 28.4 Å². The molecule has 0 amide bonds. The maximum Gasteiger partial charge on any atom is 0.0428 e. The van der Waals surface area contributed by atoms with Crippen molar-refractivity contribution in [1.29, 1.82) is 0 Å². The highest BCUT2D eigenvalue weighted by molar-refractivity contribution is 8.02. The van der Waals surface area contributed by atoms with Crippen molar-refractivity contribution in [2.24, 2.45) is 4.99 Å². The molecule has 1 N–H and O–H groups in total. The van der Waals surface area contributed by atoms with E-state index in [0.717, 1.165) is 30.0 Å². The lowest BCUT2D eigenvalue weighted by atomic mass is 10.2. The molecule has 2 nitrogen and oxygen atoms in total. The minimum Gasteiger partial charge on any atom is -0.385 e. The first kappa shape index (κ1) is 14.3. The maximum absolute atomic E-state index is 4.01. The van der Waals surface area contributed by atoms with Crippen LogP contribution in [0.25, 0.3) is 0 Å². The molecule has 0 heterocycles. The van der Waals surface area contributed by atoms with Gasteiger partial charge in [0.2, 0.25) is 0 Å². The Balaban J connectivity index is 3.79. The fourth-order valence-electron chi connectivity index (χ4n) is 1.12. The first-order valence-electron chi connectivity index (χ1n) is 5.33. The molecule has 0 atom stereocenters. The van der Waals surface area contributed by atoms with Crippen molar-refractivity contribution in [2.45, 2.75) is 39.7 Å². The van der Waals surface area contributed by atoms with E-state index in [4.69, 9.17) is 0 Å². The molecule has 0 saturated heterocycles. The second-order valence-electron chi connectivity index (χ2n) is 3.49. The molecule has 0 radical (unpaired) electrons. The van der Waals surface area contributed by atoms with E-state index in [1.807, 2.05) is 12.3 Å². The molecule has 0 aromatic rings. The third-order valence-corrected chi connectivity index (χ3v) is 3.18. The normalized spacial score (nSPS) is 11.6. The predicted octanol–water partition coefficient (Wildman–Crippen LogP) is 3.57. The van der Waals surface area contributed by atoms with Crippen molar-refractivity contribution in [2.75, 3.05) is 5.75 Å². The van der Waals surface area contributed by atoms with Gasteiger partial charge >= 0.3 is 0 Å². The van der Waals surface area contributed by atoms with Gasteiger partial charge in [0.25, 0.3) is 0 Å². The summed E-state index contributed by atoms with van der Waals surface area (Å²) in [6, 6.07) is 0.556. The Bertz CT molecular complexity index is 230. The minimum atomic E-state index is 0.556. The van der Waals surface area contributed by atoms with Gasteiger partial charge in [0, 0.05) is 23.2 Å². The Kier molecular flexibility index (Phi) is 8.19. The summed E-state index contributed by atoms with van der Waals surface area (Å²) in [5, 5.41) is 5.42. The molecular weight excluding hydrogens is 204 g/mol. The fourth-order valence-corrected chi connectivity index (χ4v) is 1.81. The zero-order chi connectivity index (χ0) is 11.7. The van der Waals surface area contributed by atoms with Crippen LogP contribution in [-0.2, 0) is 0 Å². The third kappa shape index (κ3) is 7.25. The number of aliphatic imine (C=N–C) groups is 1. The molecule has 86 valence electrons. The standard InChI is InChI=1S/C12H22N2S/c1-6-12(7-2)14-11(4)9-15-8-10(3)13-5/h8,12,14H,4-7,9H2,1-3H3/b10-8-. The molecule has 0 aliphatic heterocycles. The lowest BCUT2D eigenvalue weighted by molar-refractivity contribution is 0.536. The molecule has 0 aromatic carbocycles. The Morgan fingerprint density at radius 2 is 2.07 bits per heavy atom. The van der Waals surface area contributed by atoms with Crippen LogP contribution in [0.4, 0.5) is 0 Å². The molecular formula is C12H22N2S. The second-order valence-corrected chi connectivity index (χ2v) is 4.35. The van der Waals surface area contributed by atoms with E-state index in [1.54, 1.807) is 11.8 Å². The van der Waals surface area contributed by atoms with Gasteiger partial charge in [-0.2, -0.15) is 0 Å². The van der Waals surface area contributed by atoms with Crippen molar-refractivity contribution in [3.8, 4) is 0 Å². The summed E-state index contributed by atoms with van der Waals surface area (Å²) >= 11 is 1.70. The second kappa shape index (κ2) is 8.60. The number of hydrogen-bond donors (Lipinski definition) is 1. The molecule has 0 fully saturated rings. The largest absolute Gasteiger partial charge is 0.385 e. The number of nitrogens with zero attached hydrogens (tertiary/aromatic N) is 1. The first-order valence-corrected chi connectivity index (χ1v) is 6.38. The summed E-state index contributed by atoms with van der Waals surface area (Å²) in [6.07, 6.45) is 2.28. The number of nitrogens with one attached hydrogen (secondary N) is 1. The zero-order valence-corrected chi connectivity index (χ0v) is 10.9. The maximum atomic E-state index is 4.01. The highest BCUT2D eigenvalue weighted by Gasteiger charge is 2.02. The highest BCUT2D eigenvalue weighted by Crippen LogP contribution is 2.11.